The van der Waals surface area contributed by atoms with Gasteiger partial charge in [0.25, 0.3) is 0 Å². The third-order valence-corrected chi connectivity index (χ3v) is 5.27. The molecule has 0 fully saturated rings. The minimum Gasteiger partial charge on any atom is -0.264 e. The van der Waals surface area contributed by atoms with Gasteiger partial charge in [0.05, 0.1) is 10.6 Å². The van der Waals surface area contributed by atoms with Crippen LogP contribution >= 0.6 is 11.6 Å². The Kier molecular flexibility index (Phi) is 6.09. The lowest BCUT2D eigenvalue weighted by Gasteiger charge is -2.11. The third-order valence-electron chi connectivity index (χ3n) is 3.86. The van der Waals surface area contributed by atoms with E-state index in [1.165, 1.54) is 36.7 Å². The smallest absolute Gasteiger partial charge is 0.264 e. The quantitative estimate of drug-likeness (QED) is 0.414. The van der Waals surface area contributed by atoms with Gasteiger partial charge < -0.3 is 0 Å². The molecule has 0 aliphatic heterocycles. The van der Waals surface area contributed by atoms with Gasteiger partial charge in [-0.1, -0.05) is 34.5 Å². The van der Waals surface area contributed by atoms with Gasteiger partial charge in [0.15, 0.2) is 0 Å². The van der Waals surface area contributed by atoms with Crippen molar-refractivity contribution in [2.75, 3.05) is 0 Å². The van der Waals surface area contributed by atoms with Gasteiger partial charge in [0.2, 0.25) is 0 Å². The molecule has 2 aromatic heterocycles. The fourth-order valence-corrected chi connectivity index (χ4v) is 3.32. The summed E-state index contributed by atoms with van der Waals surface area (Å²) in [6.45, 7) is 1.79. The van der Waals surface area contributed by atoms with E-state index in [4.69, 9.17) is 15.9 Å². The van der Waals surface area contributed by atoms with Crippen LogP contribution in [0.2, 0.25) is 5.02 Å². The minimum atomic E-state index is -4.65. The Bertz CT molecular complexity index is 1180. The van der Waals surface area contributed by atoms with Gasteiger partial charge >= 0.3 is 16.3 Å². The van der Waals surface area contributed by atoms with Crippen molar-refractivity contribution in [2.45, 2.75) is 18.0 Å². The van der Waals surface area contributed by atoms with Crippen LogP contribution in [0.5, 0.6) is 0 Å². The van der Waals surface area contributed by atoms with Crippen molar-refractivity contribution in [3.63, 3.8) is 0 Å². The predicted octanol–water partition coefficient (Wildman–Crippen LogP) is 4.62. The van der Waals surface area contributed by atoms with E-state index in [9.17, 15) is 21.6 Å². The first-order valence-corrected chi connectivity index (χ1v) is 10.1. The molecule has 3 rings (SSSR count). The molecule has 0 amide bonds. The molecule has 0 atom stereocenters. The molecule has 0 aliphatic carbocycles. The lowest BCUT2D eigenvalue weighted by atomic mass is 10.1. The van der Waals surface area contributed by atoms with Gasteiger partial charge in [-0.2, -0.15) is 21.6 Å². The summed E-state index contributed by atoms with van der Waals surface area (Å²) in [6, 6.07) is 9.54. The molecule has 30 heavy (non-hydrogen) atoms. The Morgan fingerprint density at radius 3 is 2.40 bits per heavy atom. The molecule has 0 aliphatic rings. The zero-order valence-corrected chi connectivity index (χ0v) is 16.8. The molecule has 0 radical (unpaired) electrons. The van der Waals surface area contributed by atoms with E-state index in [-0.39, 0.29) is 26.9 Å². The predicted molar refractivity (Wildman–Crippen MR) is 104 cm³/mol. The summed E-state index contributed by atoms with van der Waals surface area (Å²) in [5.74, 6) is 0. The van der Waals surface area contributed by atoms with E-state index in [1.807, 2.05) is 0 Å². The lowest BCUT2D eigenvalue weighted by molar-refractivity contribution is -0.137. The Hall–Kier alpha value is -2.98. The zero-order chi connectivity index (χ0) is 21.9. The highest BCUT2D eigenvalue weighted by atomic mass is 35.5. The van der Waals surface area contributed by atoms with Gasteiger partial charge in [-0.3, -0.25) is 14.3 Å². The van der Waals surface area contributed by atoms with Crippen LogP contribution in [0.4, 0.5) is 13.2 Å². The molecule has 0 saturated carbocycles. The first kappa shape index (κ1) is 21.7. The Morgan fingerprint density at radius 1 is 1.13 bits per heavy atom. The van der Waals surface area contributed by atoms with Crippen LogP contribution in [-0.2, 0) is 20.6 Å². The van der Waals surface area contributed by atoms with Gasteiger partial charge in [-0.25, -0.2) is 0 Å². The number of alkyl halides is 3. The van der Waals surface area contributed by atoms with E-state index < -0.39 is 21.9 Å². The van der Waals surface area contributed by atoms with Crippen molar-refractivity contribution >= 4 is 27.4 Å². The van der Waals surface area contributed by atoms with E-state index in [0.29, 0.717) is 12.3 Å². The molecule has 0 bridgehead atoms. The van der Waals surface area contributed by atoms with Crippen LogP contribution in [0.3, 0.4) is 0 Å². The first-order chi connectivity index (χ1) is 14.1. The van der Waals surface area contributed by atoms with Crippen molar-refractivity contribution in [1.82, 2.24) is 9.97 Å². The van der Waals surface area contributed by atoms with Crippen LogP contribution in [0.15, 0.2) is 71.1 Å². The van der Waals surface area contributed by atoms with Gasteiger partial charge in [-0.05, 0) is 37.3 Å². The fourth-order valence-electron chi connectivity index (χ4n) is 2.34. The van der Waals surface area contributed by atoms with E-state index in [1.54, 1.807) is 19.1 Å². The maximum atomic E-state index is 12.9. The highest BCUT2D eigenvalue weighted by Gasteiger charge is 2.32. The van der Waals surface area contributed by atoms with Gasteiger partial charge in [0.1, 0.15) is 16.3 Å². The maximum absolute atomic E-state index is 12.9. The summed E-state index contributed by atoms with van der Waals surface area (Å²) in [7, 11) is -4.29. The number of pyridine rings is 2. The number of halogens is 4. The molecule has 6 nitrogen and oxygen atoms in total. The molecule has 0 saturated heterocycles. The molecule has 0 spiro atoms. The molecule has 0 N–H and O–H groups in total. The summed E-state index contributed by atoms with van der Waals surface area (Å²) in [5.41, 5.74) is -0.371. The average Bonchev–Trinajstić information content (AvgIpc) is 2.69. The zero-order valence-electron chi connectivity index (χ0n) is 15.3. The van der Waals surface area contributed by atoms with Crippen LogP contribution in [-0.4, -0.2) is 24.1 Å². The number of benzene rings is 1. The van der Waals surface area contributed by atoms with E-state index in [2.05, 4.69) is 15.1 Å². The standard InChI is InChI=1S/C19H13ClF3N3O3S/c1-12-4-6-15(7-5-12)30(27,28)29-26-17(13-3-2-8-24-10-13)18-16(20)9-14(11-25-18)19(21,22)23/h2-11H,1H3. The van der Waals surface area contributed by atoms with Crippen molar-refractivity contribution < 1.29 is 25.9 Å². The summed E-state index contributed by atoms with van der Waals surface area (Å²) >= 11 is 6.00. The number of aromatic nitrogens is 2. The maximum Gasteiger partial charge on any atom is 0.417 e. The summed E-state index contributed by atoms with van der Waals surface area (Å²) in [6.07, 6.45) is -1.31. The van der Waals surface area contributed by atoms with Gasteiger partial charge in [0, 0.05) is 24.2 Å². The fraction of sp³-hybridized carbons (Fsp3) is 0.105. The number of hydrogen-bond acceptors (Lipinski definition) is 6. The van der Waals surface area contributed by atoms with Crippen molar-refractivity contribution in [3.8, 4) is 0 Å². The number of rotatable bonds is 5. The van der Waals surface area contributed by atoms with Gasteiger partial charge in [-0.15, -0.1) is 0 Å². The van der Waals surface area contributed by atoms with Crippen molar-refractivity contribution in [2.24, 2.45) is 5.16 Å². The third kappa shape index (κ3) is 4.95. The molecule has 1 aromatic carbocycles. The highest BCUT2D eigenvalue weighted by molar-refractivity contribution is 7.86. The first-order valence-electron chi connectivity index (χ1n) is 8.30. The van der Waals surface area contributed by atoms with Crippen molar-refractivity contribution in [3.05, 3.63) is 88.5 Å². The lowest BCUT2D eigenvalue weighted by Crippen LogP contribution is -2.13. The molecule has 156 valence electrons. The Labute approximate surface area is 175 Å². The topological polar surface area (TPSA) is 81.5 Å². The summed E-state index contributed by atoms with van der Waals surface area (Å²) in [4.78, 5) is 7.47. The number of nitrogens with zero attached hydrogens (tertiary/aromatic N) is 3. The van der Waals surface area contributed by atoms with Crippen LogP contribution in [0.1, 0.15) is 22.4 Å². The normalized spacial score (nSPS) is 12.6. The largest absolute Gasteiger partial charge is 0.417 e. The number of aryl methyl sites for hydroxylation is 1. The Balaban J connectivity index is 2.05. The van der Waals surface area contributed by atoms with Crippen molar-refractivity contribution in [1.29, 1.82) is 0 Å². The number of oxime groups is 1. The highest BCUT2D eigenvalue weighted by Crippen LogP contribution is 2.31. The SMILES string of the molecule is Cc1ccc(S(=O)(=O)ON=C(c2cccnc2)c2ncc(C(F)(F)F)cc2Cl)cc1. The molecular formula is C19H13ClF3N3O3S. The second-order valence-electron chi connectivity index (χ2n) is 6.08. The minimum absolute atomic E-state index is 0.145. The second-order valence-corrected chi connectivity index (χ2v) is 8.01. The van der Waals surface area contributed by atoms with E-state index in [0.717, 1.165) is 5.56 Å². The summed E-state index contributed by atoms with van der Waals surface area (Å²) < 4.78 is 68.4. The monoisotopic (exact) mass is 455 g/mol. The molecule has 3 aromatic rings. The molecule has 2 heterocycles. The van der Waals surface area contributed by atoms with Crippen LogP contribution < -0.4 is 0 Å². The second kappa shape index (κ2) is 8.41. The Morgan fingerprint density at radius 2 is 1.83 bits per heavy atom. The molecule has 0 unspecified atom stereocenters. The molecular weight excluding hydrogens is 443 g/mol. The van der Waals surface area contributed by atoms with Crippen LogP contribution in [0, 0.1) is 6.92 Å². The number of hydrogen-bond donors (Lipinski definition) is 0. The van der Waals surface area contributed by atoms with Crippen LogP contribution in [0.25, 0.3) is 0 Å². The average molecular weight is 456 g/mol. The molecule has 11 heteroatoms. The summed E-state index contributed by atoms with van der Waals surface area (Å²) in [5, 5.41) is 3.26. The van der Waals surface area contributed by atoms with E-state index >= 15 is 0 Å².